The maximum Gasteiger partial charge on any atom is 0.250 e. The third-order valence-corrected chi connectivity index (χ3v) is 6.23. The second-order valence-corrected chi connectivity index (χ2v) is 8.05. The largest absolute Gasteiger partial charge is 0.250 e. The number of rotatable bonds is 5. The normalized spacial score (nSPS) is 14.2. The summed E-state index contributed by atoms with van der Waals surface area (Å²) in [7, 11) is -3.52. The lowest BCUT2D eigenvalue weighted by atomic mass is 10.1. The zero-order valence-electron chi connectivity index (χ0n) is 9.83. The molecule has 0 aliphatic rings. The molecule has 1 aromatic rings. The average molecular weight is 316 g/mol. The molecule has 1 N–H and O–H groups in total. The van der Waals surface area contributed by atoms with Gasteiger partial charge < -0.3 is 0 Å². The van der Waals surface area contributed by atoms with E-state index in [1.54, 1.807) is 13.0 Å². The molecule has 1 rings (SSSR count). The smallest absolute Gasteiger partial charge is 0.206 e. The van der Waals surface area contributed by atoms with Gasteiger partial charge in [0.25, 0.3) is 0 Å². The van der Waals surface area contributed by atoms with Gasteiger partial charge in [0.2, 0.25) is 10.0 Å². The van der Waals surface area contributed by atoms with Crippen molar-refractivity contribution in [3.05, 3.63) is 16.0 Å². The molecule has 0 radical (unpaired) electrons. The topological polar surface area (TPSA) is 46.2 Å². The van der Waals surface area contributed by atoms with E-state index in [1.165, 1.54) is 0 Å². The zero-order chi connectivity index (χ0) is 13.2. The van der Waals surface area contributed by atoms with Gasteiger partial charge in [-0.15, -0.1) is 22.9 Å². The minimum Gasteiger partial charge on any atom is -0.206 e. The van der Waals surface area contributed by atoms with Crippen molar-refractivity contribution < 1.29 is 8.42 Å². The lowest BCUT2D eigenvalue weighted by Crippen LogP contribution is -2.39. The van der Waals surface area contributed by atoms with E-state index in [1.807, 2.05) is 13.8 Å². The van der Waals surface area contributed by atoms with Crippen LogP contribution in [0, 0.1) is 12.8 Å². The van der Waals surface area contributed by atoms with Crippen LogP contribution in [0.2, 0.25) is 4.34 Å². The Labute approximate surface area is 116 Å². The van der Waals surface area contributed by atoms with Crippen LogP contribution < -0.4 is 4.72 Å². The highest BCUT2D eigenvalue weighted by Gasteiger charge is 2.24. The molecule has 0 bridgehead atoms. The van der Waals surface area contributed by atoms with Crippen LogP contribution in [0.15, 0.2) is 10.3 Å². The van der Waals surface area contributed by atoms with E-state index < -0.39 is 10.0 Å². The zero-order valence-corrected chi connectivity index (χ0v) is 13.0. The Morgan fingerprint density at radius 2 is 2.06 bits per heavy atom. The molecule has 98 valence electrons. The van der Waals surface area contributed by atoms with E-state index in [4.69, 9.17) is 23.2 Å². The highest BCUT2D eigenvalue weighted by atomic mass is 35.5. The molecule has 3 nitrogen and oxygen atoms in total. The van der Waals surface area contributed by atoms with Crippen molar-refractivity contribution in [3.63, 3.8) is 0 Å². The fourth-order valence-corrected chi connectivity index (χ4v) is 4.80. The van der Waals surface area contributed by atoms with Gasteiger partial charge in [-0.05, 0) is 24.5 Å². The first-order valence-electron chi connectivity index (χ1n) is 5.12. The molecule has 0 fully saturated rings. The third kappa shape index (κ3) is 3.83. The van der Waals surface area contributed by atoms with Crippen LogP contribution >= 0.6 is 34.5 Å². The van der Waals surface area contributed by atoms with Crippen molar-refractivity contribution in [2.75, 3.05) is 5.88 Å². The van der Waals surface area contributed by atoms with Gasteiger partial charge >= 0.3 is 0 Å². The Bertz CT molecular complexity index is 463. The molecular formula is C10H15Cl2NO2S2. The molecule has 0 aliphatic carbocycles. The molecule has 1 aromatic heterocycles. The molecule has 1 atom stereocenters. The SMILES string of the molecule is Cc1cc(S(=O)(=O)NC(CCl)C(C)C)sc1Cl. The quantitative estimate of drug-likeness (QED) is 0.848. The van der Waals surface area contributed by atoms with Gasteiger partial charge in [-0.2, -0.15) is 0 Å². The molecule has 0 aliphatic heterocycles. The fourth-order valence-electron chi connectivity index (χ4n) is 1.17. The molecule has 0 aromatic carbocycles. The maximum absolute atomic E-state index is 12.1. The molecule has 7 heteroatoms. The molecule has 17 heavy (non-hydrogen) atoms. The van der Waals surface area contributed by atoms with Crippen molar-refractivity contribution in [1.82, 2.24) is 4.72 Å². The van der Waals surface area contributed by atoms with Gasteiger partial charge in [0, 0.05) is 11.9 Å². The lowest BCUT2D eigenvalue weighted by molar-refractivity contribution is 0.481. The molecule has 0 spiro atoms. The van der Waals surface area contributed by atoms with Gasteiger partial charge in [-0.1, -0.05) is 25.4 Å². The Morgan fingerprint density at radius 3 is 2.41 bits per heavy atom. The number of sulfonamides is 1. The van der Waals surface area contributed by atoms with Crippen LogP contribution in [-0.4, -0.2) is 20.3 Å². The van der Waals surface area contributed by atoms with Crippen LogP contribution in [0.5, 0.6) is 0 Å². The number of halogens is 2. The van der Waals surface area contributed by atoms with Crippen LogP contribution in [0.4, 0.5) is 0 Å². The Balaban J connectivity index is 2.96. The van der Waals surface area contributed by atoms with Crippen molar-refractivity contribution in [2.45, 2.75) is 31.0 Å². The van der Waals surface area contributed by atoms with Gasteiger partial charge in [-0.25, -0.2) is 13.1 Å². The molecule has 0 amide bonds. The second-order valence-electron chi connectivity index (χ2n) is 4.15. The number of hydrogen-bond donors (Lipinski definition) is 1. The number of alkyl halides is 1. The van der Waals surface area contributed by atoms with E-state index in [-0.39, 0.29) is 22.0 Å². The molecule has 1 unspecified atom stereocenters. The maximum atomic E-state index is 12.1. The van der Waals surface area contributed by atoms with Crippen molar-refractivity contribution >= 4 is 44.6 Å². The summed E-state index contributed by atoms with van der Waals surface area (Å²) in [5.74, 6) is 0.383. The van der Waals surface area contributed by atoms with Gasteiger partial charge in [0.05, 0.1) is 4.34 Å². The van der Waals surface area contributed by atoms with Crippen LogP contribution in [0.1, 0.15) is 19.4 Å². The number of nitrogens with one attached hydrogen (secondary N) is 1. The molecule has 0 saturated carbocycles. The highest BCUT2D eigenvalue weighted by Crippen LogP contribution is 2.30. The van der Waals surface area contributed by atoms with Crippen LogP contribution in [0.25, 0.3) is 0 Å². The fraction of sp³-hybridized carbons (Fsp3) is 0.600. The summed E-state index contributed by atoms with van der Waals surface area (Å²) < 4.78 is 27.4. The number of aryl methyl sites for hydroxylation is 1. The van der Waals surface area contributed by atoms with Gasteiger partial charge in [0.15, 0.2) is 0 Å². The van der Waals surface area contributed by atoms with Crippen LogP contribution in [0.3, 0.4) is 0 Å². The summed E-state index contributed by atoms with van der Waals surface area (Å²) in [5, 5.41) is 0. The molecular weight excluding hydrogens is 301 g/mol. The summed E-state index contributed by atoms with van der Waals surface area (Å²) in [5.41, 5.74) is 0.768. The van der Waals surface area contributed by atoms with Crippen molar-refractivity contribution in [2.24, 2.45) is 5.92 Å². The first-order valence-corrected chi connectivity index (χ1v) is 8.33. The van der Waals surface area contributed by atoms with E-state index in [9.17, 15) is 8.42 Å². The van der Waals surface area contributed by atoms with E-state index in [2.05, 4.69) is 4.72 Å². The number of hydrogen-bond acceptors (Lipinski definition) is 3. The Kier molecular flexibility index (Phi) is 5.28. The first-order chi connectivity index (χ1) is 7.77. The van der Waals surface area contributed by atoms with Crippen LogP contribution in [-0.2, 0) is 10.0 Å². The predicted octanol–water partition coefficient (Wildman–Crippen LogP) is 3.25. The van der Waals surface area contributed by atoms with Crippen molar-refractivity contribution in [1.29, 1.82) is 0 Å². The second kappa shape index (κ2) is 5.89. The van der Waals surface area contributed by atoms with Gasteiger partial charge in [-0.3, -0.25) is 0 Å². The summed E-state index contributed by atoms with van der Waals surface area (Å²) in [6.07, 6.45) is 0. The predicted molar refractivity (Wildman–Crippen MR) is 73.7 cm³/mol. The number of thiophene rings is 1. The lowest BCUT2D eigenvalue weighted by Gasteiger charge is -2.18. The summed E-state index contributed by atoms with van der Waals surface area (Å²) in [4.78, 5) is 0. The highest BCUT2D eigenvalue weighted by molar-refractivity contribution is 7.91. The average Bonchev–Trinajstić information content (AvgIpc) is 2.56. The minimum absolute atomic E-state index is 0.138. The van der Waals surface area contributed by atoms with E-state index in [0.29, 0.717) is 4.34 Å². The minimum atomic E-state index is -3.52. The molecule has 0 saturated heterocycles. The van der Waals surface area contributed by atoms with E-state index >= 15 is 0 Å². The summed E-state index contributed by atoms with van der Waals surface area (Å²) in [6, 6.07) is 1.30. The Morgan fingerprint density at radius 1 is 1.47 bits per heavy atom. The third-order valence-electron chi connectivity index (χ3n) is 2.38. The van der Waals surface area contributed by atoms with E-state index in [0.717, 1.165) is 16.9 Å². The monoisotopic (exact) mass is 315 g/mol. The summed E-state index contributed by atoms with van der Waals surface area (Å²) in [6.45, 7) is 5.61. The van der Waals surface area contributed by atoms with Gasteiger partial charge in [0.1, 0.15) is 4.21 Å². The Hall–Kier alpha value is 0.190. The standard InChI is InChI=1S/C10H15Cl2NO2S2/c1-6(2)8(5-11)13-17(14,15)9-4-7(3)10(12)16-9/h4,6,8,13H,5H2,1-3H3. The molecule has 1 heterocycles. The first kappa shape index (κ1) is 15.2. The van der Waals surface area contributed by atoms with Crippen molar-refractivity contribution in [3.8, 4) is 0 Å². The summed E-state index contributed by atoms with van der Waals surface area (Å²) >= 11 is 12.7.